The number of anilines is 1. The van der Waals surface area contributed by atoms with Crippen LogP contribution in [0.25, 0.3) is 0 Å². The normalized spacial score (nSPS) is 26.7. The highest BCUT2D eigenvalue weighted by atomic mass is 19.1. The second-order valence-corrected chi connectivity index (χ2v) is 5.57. The van der Waals surface area contributed by atoms with Crippen molar-refractivity contribution in [3.8, 4) is 6.07 Å². The topological polar surface area (TPSA) is 56.0 Å². The quantitative estimate of drug-likeness (QED) is 0.880. The summed E-state index contributed by atoms with van der Waals surface area (Å²) < 4.78 is 13.1. The summed E-state index contributed by atoms with van der Waals surface area (Å²) in [6, 6.07) is 6.12. The molecule has 0 saturated heterocycles. The zero-order valence-electron chi connectivity index (χ0n) is 11.1. The fourth-order valence-corrected chi connectivity index (χ4v) is 2.96. The molecule has 2 unspecified atom stereocenters. The molecule has 0 heterocycles. The van der Waals surface area contributed by atoms with E-state index in [1.807, 2.05) is 6.07 Å². The fourth-order valence-electron chi connectivity index (χ4n) is 2.96. The third-order valence-corrected chi connectivity index (χ3v) is 3.90. The van der Waals surface area contributed by atoms with Crippen LogP contribution in [0.5, 0.6) is 0 Å². The predicted octanol–water partition coefficient (Wildman–Crippen LogP) is 3.05. The Morgan fingerprint density at radius 3 is 3.00 bits per heavy atom. The van der Waals surface area contributed by atoms with Crippen molar-refractivity contribution in [2.75, 3.05) is 11.9 Å². The van der Waals surface area contributed by atoms with Gasteiger partial charge >= 0.3 is 0 Å². The largest absolute Gasteiger partial charge is 0.394 e. The van der Waals surface area contributed by atoms with E-state index in [1.54, 1.807) is 6.07 Å². The van der Waals surface area contributed by atoms with Crippen molar-refractivity contribution in [3.63, 3.8) is 0 Å². The van der Waals surface area contributed by atoms with Crippen molar-refractivity contribution in [2.24, 2.45) is 5.92 Å². The van der Waals surface area contributed by atoms with E-state index >= 15 is 0 Å². The number of nitrogens with zero attached hydrogens (tertiary/aromatic N) is 1. The van der Waals surface area contributed by atoms with E-state index in [0.717, 1.165) is 25.7 Å². The molecular formula is C15H19FN2O. The van der Waals surface area contributed by atoms with Gasteiger partial charge in [-0.1, -0.05) is 19.8 Å². The minimum atomic E-state index is -0.419. The number of nitrogens with one attached hydrogen (secondary N) is 1. The molecule has 102 valence electrons. The summed E-state index contributed by atoms with van der Waals surface area (Å²) >= 11 is 0. The summed E-state index contributed by atoms with van der Waals surface area (Å²) in [6.45, 7) is 2.20. The molecule has 3 nitrogen and oxygen atoms in total. The third kappa shape index (κ3) is 3.05. The summed E-state index contributed by atoms with van der Waals surface area (Å²) in [5, 5.41) is 22.1. The van der Waals surface area contributed by atoms with E-state index in [2.05, 4.69) is 12.2 Å². The molecule has 0 spiro atoms. The van der Waals surface area contributed by atoms with Gasteiger partial charge in [0.25, 0.3) is 0 Å². The van der Waals surface area contributed by atoms with E-state index in [0.29, 0.717) is 11.6 Å². The zero-order valence-corrected chi connectivity index (χ0v) is 11.1. The van der Waals surface area contributed by atoms with Crippen molar-refractivity contribution in [3.05, 3.63) is 29.6 Å². The number of halogens is 1. The Bertz CT molecular complexity index is 497. The van der Waals surface area contributed by atoms with Gasteiger partial charge in [-0.2, -0.15) is 5.26 Å². The molecule has 0 bridgehead atoms. The van der Waals surface area contributed by atoms with Crippen LogP contribution in [0.4, 0.5) is 10.1 Å². The summed E-state index contributed by atoms with van der Waals surface area (Å²) in [6.07, 6.45) is 3.96. The highest BCUT2D eigenvalue weighted by molar-refractivity contribution is 5.59. The van der Waals surface area contributed by atoms with Crippen molar-refractivity contribution < 1.29 is 9.50 Å². The van der Waals surface area contributed by atoms with Crippen LogP contribution in [0.3, 0.4) is 0 Å². The third-order valence-electron chi connectivity index (χ3n) is 3.90. The second-order valence-electron chi connectivity index (χ2n) is 5.57. The van der Waals surface area contributed by atoms with E-state index in [9.17, 15) is 9.50 Å². The number of hydrogen-bond acceptors (Lipinski definition) is 3. The smallest absolute Gasteiger partial charge is 0.124 e. The van der Waals surface area contributed by atoms with Crippen LogP contribution >= 0.6 is 0 Å². The average Bonchev–Trinajstić information content (AvgIpc) is 2.41. The standard InChI is InChI=1S/C15H19FN2O/c1-11-3-2-6-15(8-11,10-19)18-14-5-4-13(16)7-12(14)9-17/h4-5,7,11,18-19H,2-3,6,8,10H2,1H3. The first-order valence-electron chi connectivity index (χ1n) is 6.67. The van der Waals surface area contributed by atoms with Gasteiger partial charge in [-0.15, -0.1) is 0 Å². The lowest BCUT2D eigenvalue weighted by Gasteiger charge is -2.40. The lowest BCUT2D eigenvalue weighted by atomic mass is 9.76. The minimum absolute atomic E-state index is 0.0274. The molecule has 0 radical (unpaired) electrons. The molecule has 19 heavy (non-hydrogen) atoms. The molecule has 0 amide bonds. The Kier molecular flexibility index (Phi) is 4.06. The first-order valence-corrected chi connectivity index (χ1v) is 6.67. The number of aliphatic hydroxyl groups excluding tert-OH is 1. The van der Waals surface area contributed by atoms with Gasteiger partial charge in [0, 0.05) is 0 Å². The Labute approximate surface area is 113 Å². The number of aliphatic hydroxyl groups is 1. The highest BCUT2D eigenvalue weighted by Crippen LogP contribution is 2.35. The van der Waals surface area contributed by atoms with E-state index in [1.165, 1.54) is 12.1 Å². The number of hydrogen-bond donors (Lipinski definition) is 2. The monoisotopic (exact) mass is 262 g/mol. The summed E-state index contributed by atoms with van der Waals surface area (Å²) in [5.41, 5.74) is 0.499. The molecule has 1 aliphatic rings. The lowest BCUT2D eigenvalue weighted by Crippen LogP contribution is -2.46. The minimum Gasteiger partial charge on any atom is -0.394 e. The summed E-state index contributed by atoms with van der Waals surface area (Å²) in [4.78, 5) is 0. The van der Waals surface area contributed by atoms with Gasteiger partial charge in [-0.05, 0) is 37.0 Å². The Balaban J connectivity index is 2.26. The van der Waals surface area contributed by atoms with Gasteiger partial charge in [0.15, 0.2) is 0 Å². The molecule has 0 aromatic heterocycles. The van der Waals surface area contributed by atoms with Crippen LogP contribution < -0.4 is 5.32 Å². The van der Waals surface area contributed by atoms with Crippen molar-refractivity contribution in [2.45, 2.75) is 38.1 Å². The number of benzene rings is 1. The van der Waals surface area contributed by atoms with Gasteiger partial charge in [0.2, 0.25) is 0 Å². The first kappa shape index (κ1) is 13.8. The summed E-state index contributed by atoms with van der Waals surface area (Å²) in [5.74, 6) is 0.122. The van der Waals surface area contributed by atoms with Gasteiger partial charge in [0.1, 0.15) is 11.9 Å². The lowest BCUT2D eigenvalue weighted by molar-refractivity contribution is 0.149. The van der Waals surface area contributed by atoms with E-state index in [-0.39, 0.29) is 17.7 Å². The first-order chi connectivity index (χ1) is 9.08. The van der Waals surface area contributed by atoms with Gasteiger partial charge in [-0.25, -0.2) is 4.39 Å². The number of rotatable bonds is 3. The second kappa shape index (κ2) is 5.58. The molecule has 1 aliphatic carbocycles. The molecule has 2 rings (SSSR count). The van der Waals surface area contributed by atoms with Crippen LogP contribution in [0, 0.1) is 23.1 Å². The maximum Gasteiger partial charge on any atom is 0.124 e. The van der Waals surface area contributed by atoms with Crippen molar-refractivity contribution in [1.29, 1.82) is 5.26 Å². The average molecular weight is 262 g/mol. The SMILES string of the molecule is CC1CCCC(CO)(Nc2ccc(F)cc2C#N)C1. The van der Waals surface area contributed by atoms with E-state index in [4.69, 9.17) is 5.26 Å². The Morgan fingerprint density at radius 1 is 1.58 bits per heavy atom. The maximum absolute atomic E-state index is 13.1. The summed E-state index contributed by atoms with van der Waals surface area (Å²) in [7, 11) is 0. The predicted molar refractivity (Wildman–Crippen MR) is 72.2 cm³/mol. The van der Waals surface area contributed by atoms with E-state index < -0.39 is 5.82 Å². The Hall–Kier alpha value is -1.60. The molecule has 2 N–H and O–H groups in total. The molecule has 1 aromatic rings. The highest BCUT2D eigenvalue weighted by Gasteiger charge is 2.34. The van der Waals surface area contributed by atoms with Crippen molar-refractivity contribution in [1.82, 2.24) is 0 Å². The van der Waals surface area contributed by atoms with Crippen LogP contribution in [-0.2, 0) is 0 Å². The van der Waals surface area contributed by atoms with Gasteiger partial charge in [0.05, 0.1) is 23.4 Å². The van der Waals surface area contributed by atoms with Gasteiger partial charge in [-0.3, -0.25) is 0 Å². The van der Waals surface area contributed by atoms with Crippen LogP contribution in [0.15, 0.2) is 18.2 Å². The maximum atomic E-state index is 13.1. The van der Waals surface area contributed by atoms with Crippen LogP contribution in [0.2, 0.25) is 0 Å². The molecule has 2 atom stereocenters. The molecule has 4 heteroatoms. The molecule has 1 saturated carbocycles. The fraction of sp³-hybridized carbons (Fsp3) is 0.533. The van der Waals surface area contributed by atoms with Gasteiger partial charge < -0.3 is 10.4 Å². The molecule has 0 aliphatic heterocycles. The van der Waals surface area contributed by atoms with Crippen molar-refractivity contribution >= 4 is 5.69 Å². The molecular weight excluding hydrogens is 243 g/mol. The van der Waals surface area contributed by atoms with Crippen LogP contribution in [-0.4, -0.2) is 17.3 Å². The molecule has 1 fully saturated rings. The Morgan fingerprint density at radius 2 is 2.37 bits per heavy atom. The zero-order chi connectivity index (χ0) is 13.9. The number of nitriles is 1. The van der Waals surface area contributed by atoms with Crippen LogP contribution in [0.1, 0.15) is 38.2 Å². The molecule has 1 aromatic carbocycles.